The summed E-state index contributed by atoms with van der Waals surface area (Å²) >= 11 is 0. The molecule has 1 heterocycles. The molecule has 1 saturated heterocycles. The monoisotopic (exact) mass is 351 g/mol. The molecule has 5 nitrogen and oxygen atoms in total. The lowest BCUT2D eigenvalue weighted by Crippen LogP contribution is -2.49. The fourth-order valence-electron chi connectivity index (χ4n) is 3.28. The molecule has 0 saturated carbocycles. The number of likely N-dealkylation sites (N-methyl/N-ethyl adjacent to an activating group) is 1. The molecule has 0 spiro atoms. The van der Waals surface area contributed by atoms with E-state index >= 15 is 0 Å². The molecule has 0 aliphatic carbocycles. The standard InChI is InChI=1S/C21H25N3O2/c1-16(25)22-14-17-8-10-19(11-9-17)21(26)24-13-12-23(2)15-20(24)18-6-4-3-5-7-18/h3-11,20H,12-15H2,1-2H3,(H,22,25)/t20-/m1/s1. The maximum absolute atomic E-state index is 13.1. The molecular formula is C21H25N3O2. The molecule has 2 aromatic carbocycles. The van der Waals surface area contributed by atoms with Gasteiger partial charge >= 0.3 is 0 Å². The molecule has 1 aliphatic heterocycles. The Morgan fingerprint density at radius 2 is 1.73 bits per heavy atom. The average Bonchev–Trinajstić information content (AvgIpc) is 2.67. The van der Waals surface area contributed by atoms with Crippen LogP contribution in [-0.4, -0.2) is 48.3 Å². The Balaban J connectivity index is 1.77. The van der Waals surface area contributed by atoms with Crippen LogP contribution >= 0.6 is 0 Å². The van der Waals surface area contributed by atoms with E-state index in [9.17, 15) is 9.59 Å². The maximum atomic E-state index is 13.1. The van der Waals surface area contributed by atoms with Crippen molar-refractivity contribution < 1.29 is 9.59 Å². The van der Waals surface area contributed by atoms with Crippen molar-refractivity contribution >= 4 is 11.8 Å². The first-order valence-corrected chi connectivity index (χ1v) is 8.92. The van der Waals surface area contributed by atoms with Crippen LogP contribution in [0.25, 0.3) is 0 Å². The van der Waals surface area contributed by atoms with Gasteiger partial charge in [0, 0.05) is 38.7 Å². The highest BCUT2D eigenvalue weighted by atomic mass is 16.2. The minimum absolute atomic E-state index is 0.0537. The second-order valence-electron chi connectivity index (χ2n) is 6.79. The molecule has 1 aliphatic rings. The van der Waals surface area contributed by atoms with Crippen LogP contribution in [0.15, 0.2) is 54.6 Å². The number of hydrogen-bond acceptors (Lipinski definition) is 3. The lowest BCUT2D eigenvalue weighted by molar-refractivity contribution is -0.119. The second kappa shape index (κ2) is 8.15. The number of carbonyl (C=O) groups excluding carboxylic acids is 2. The molecule has 1 atom stereocenters. The van der Waals surface area contributed by atoms with Crippen LogP contribution in [0.2, 0.25) is 0 Å². The van der Waals surface area contributed by atoms with Crippen molar-refractivity contribution in [2.75, 3.05) is 26.7 Å². The first-order valence-electron chi connectivity index (χ1n) is 8.92. The van der Waals surface area contributed by atoms with Gasteiger partial charge < -0.3 is 15.1 Å². The molecule has 0 bridgehead atoms. The molecular weight excluding hydrogens is 326 g/mol. The van der Waals surface area contributed by atoms with Crippen molar-refractivity contribution in [3.8, 4) is 0 Å². The van der Waals surface area contributed by atoms with Crippen molar-refractivity contribution in [2.45, 2.75) is 19.5 Å². The zero-order valence-electron chi connectivity index (χ0n) is 15.3. The van der Waals surface area contributed by atoms with Crippen molar-refractivity contribution in [3.63, 3.8) is 0 Å². The third-order valence-electron chi connectivity index (χ3n) is 4.77. The predicted molar refractivity (Wildman–Crippen MR) is 102 cm³/mol. The highest BCUT2D eigenvalue weighted by molar-refractivity contribution is 5.94. The Kier molecular flexibility index (Phi) is 5.68. The van der Waals surface area contributed by atoms with Crippen molar-refractivity contribution in [1.82, 2.24) is 15.1 Å². The molecule has 5 heteroatoms. The number of carbonyl (C=O) groups is 2. The van der Waals surface area contributed by atoms with E-state index in [1.807, 2.05) is 47.4 Å². The Morgan fingerprint density at radius 1 is 1.04 bits per heavy atom. The minimum atomic E-state index is -0.0618. The number of hydrogen-bond donors (Lipinski definition) is 1. The summed E-state index contributed by atoms with van der Waals surface area (Å²) < 4.78 is 0. The second-order valence-corrected chi connectivity index (χ2v) is 6.79. The van der Waals surface area contributed by atoms with E-state index in [0.29, 0.717) is 18.7 Å². The van der Waals surface area contributed by atoms with Gasteiger partial charge in [-0.05, 0) is 30.3 Å². The van der Waals surface area contributed by atoms with Crippen molar-refractivity contribution in [2.24, 2.45) is 0 Å². The SMILES string of the molecule is CC(=O)NCc1ccc(C(=O)N2CCN(C)C[C@@H]2c2ccccc2)cc1. The predicted octanol–water partition coefficient (Wildman–Crippen LogP) is 2.45. The van der Waals surface area contributed by atoms with Gasteiger partial charge in [-0.1, -0.05) is 42.5 Å². The van der Waals surface area contributed by atoms with Gasteiger partial charge in [0.05, 0.1) is 6.04 Å². The van der Waals surface area contributed by atoms with Crippen molar-refractivity contribution in [3.05, 3.63) is 71.3 Å². The lowest BCUT2D eigenvalue weighted by Gasteiger charge is -2.40. The topological polar surface area (TPSA) is 52.7 Å². The van der Waals surface area contributed by atoms with E-state index in [0.717, 1.165) is 24.2 Å². The number of nitrogens with one attached hydrogen (secondary N) is 1. The summed E-state index contributed by atoms with van der Waals surface area (Å²) in [7, 11) is 2.09. The van der Waals surface area contributed by atoms with Crippen molar-refractivity contribution in [1.29, 1.82) is 0 Å². The highest BCUT2D eigenvalue weighted by Crippen LogP contribution is 2.26. The van der Waals surface area contributed by atoms with Crippen LogP contribution in [0, 0.1) is 0 Å². The number of nitrogens with zero attached hydrogens (tertiary/aromatic N) is 2. The maximum Gasteiger partial charge on any atom is 0.254 e. The molecule has 26 heavy (non-hydrogen) atoms. The third-order valence-corrected chi connectivity index (χ3v) is 4.77. The van der Waals surface area contributed by atoms with Gasteiger partial charge in [-0.15, -0.1) is 0 Å². The molecule has 0 aromatic heterocycles. The molecule has 0 unspecified atom stereocenters. The fourth-order valence-corrected chi connectivity index (χ4v) is 3.28. The molecule has 3 rings (SSSR count). The van der Waals surface area contributed by atoms with E-state index < -0.39 is 0 Å². The number of rotatable bonds is 4. The van der Waals surface area contributed by atoms with E-state index in [4.69, 9.17) is 0 Å². The summed E-state index contributed by atoms with van der Waals surface area (Å²) in [6.45, 7) is 4.38. The normalized spacial score (nSPS) is 17.8. The first-order chi connectivity index (χ1) is 12.5. The van der Waals surface area contributed by atoms with Crippen LogP contribution in [0.1, 0.15) is 34.5 Å². The van der Waals surface area contributed by atoms with Crippen LogP contribution < -0.4 is 5.32 Å². The van der Waals surface area contributed by atoms with E-state index in [1.54, 1.807) is 0 Å². The summed E-state index contributed by atoms with van der Waals surface area (Å²) in [5.74, 6) is -0.00803. The summed E-state index contributed by atoms with van der Waals surface area (Å²) in [5.41, 5.74) is 2.83. The van der Waals surface area contributed by atoms with Gasteiger partial charge in [-0.2, -0.15) is 0 Å². The molecule has 0 radical (unpaired) electrons. The van der Waals surface area contributed by atoms with Gasteiger partial charge in [0.1, 0.15) is 0 Å². The van der Waals surface area contributed by atoms with Crippen LogP contribution in [-0.2, 0) is 11.3 Å². The van der Waals surface area contributed by atoms with E-state index in [1.165, 1.54) is 6.92 Å². The number of piperazine rings is 1. The summed E-state index contributed by atoms with van der Waals surface area (Å²) in [5, 5.41) is 2.77. The number of benzene rings is 2. The largest absolute Gasteiger partial charge is 0.352 e. The summed E-state index contributed by atoms with van der Waals surface area (Å²) in [6, 6.07) is 17.7. The van der Waals surface area contributed by atoms with Crippen LogP contribution in [0.5, 0.6) is 0 Å². The summed E-state index contributed by atoms with van der Waals surface area (Å²) in [4.78, 5) is 28.4. The third kappa shape index (κ3) is 4.29. The molecule has 2 aromatic rings. The smallest absolute Gasteiger partial charge is 0.254 e. The molecule has 2 amide bonds. The Bertz CT molecular complexity index is 759. The fraction of sp³-hybridized carbons (Fsp3) is 0.333. The van der Waals surface area contributed by atoms with Gasteiger partial charge in [0.25, 0.3) is 5.91 Å². The van der Waals surface area contributed by atoms with Gasteiger partial charge in [-0.25, -0.2) is 0 Å². The Morgan fingerprint density at radius 3 is 2.38 bits per heavy atom. The first kappa shape index (κ1) is 18.1. The van der Waals surface area contributed by atoms with Crippen LogP contribution in [0.3, 0.4) is 0 Å². The lowest BCUT2D eigenvalue weighted by atomic mass is 10.0. The van der Waals surface area contributed by atoms with Gasteiger partial charge in [0.2, 0.25) is 5.91 Å². The van der Waals surface area contributed by atoms with E-state index in [2.05, 4.69) is 29.4 Å². The zero-order valence-corrected chi connectivity index (χ0v) is 15.3. The molecule has 1 N–H and O–H groups in total. The van der Waals surface area contributed by atoms with E-state index in [-0.39, 0.29) is 17.9 Å². The van der Waals surface area contributed by atoms with Gasteiger partial charge in [-0.3, -0.25) is 9.59 Å². The Labute approximate surface area is 154 Å². The quantitative estimate of drug-likeness (QED) is 0.921. The average molecular weight is 351 g/mol. The zero-order chi connectivity index (χ0) is 18.5. The minimum Gasteiger partial charge on any atom is -0.352 e. The highest BCUT2D eigenvalue weighted by Gasteiger charge is 2.30. The Hall–Kier alpha value is -2.66. The summed E-state index contributed by atoms with van der Waals surface area (Å²) in [6.07, 6.45) is 0. The number of amides is 2. The van der Waals surface area contributed by atoms with Gasteiger partial charge in [0.15, 0.2) is 0 Å². The van der Waals surface area contributed by atoms with Crippen LogP contribution in [0.4, 0.5) is 0 Å². The molecule has 136 valence electrons. The molecule has 1 fully saturated rings.